The molecule has 1 aliphatic rings. The van der Waals surface area contributed by atoms with Gasteiger partial charge in [-0.05, 0) is 24.4 Å². The zero-order valence-electron chi connectivity index (χ0n) is 4.30. The third-order valence-electron chi connectivity index (χ3n) is 0.760. The van der Waals surface area contributed by atoms with Gasteiger partial charge in [-0.25, -0.2) is 0 Å². The van der Waals surface area contributed by atoms with Gasteiger partial charge >= 0.3 is 0 Å². The summed E-state index contributed by atoms with van der Waals surface area (Å²) in [5, 5.41) is 7.96. The lowest BCUT2D eigenvalue weighted by Crippen LogP contribution is -1.52. The predicted octanol–water partition coefficient (Wildman–Crippen LogP) is 1.34. The lowest BCUT2D eigenvalue weighted by Gasteiger charge is -1.51. The van der Waals surface area contributed by atoms with E-state index in [-0.39, 0.29) is 5.75 Å². The van der Waals surface area contributed by atoms with Crippen LogP contribution in [0.1, 0.15) is 12.8 Å². The van der Waals surface area contributed by atoms with Gasteiger partial charge in [-0.1, -0.05) is 0 Å². The van der Waals surface area contributed by atoms with Crippen LogP contribution in [0.5, 0.6) is 0 Å². The van der Waals surface area contributed by atoms with Crippen LogP contribution in [0.15, 0.2) is 0 Å². The van der Waals surface area contributed by atoms with E-state index in [1.54, 1.807) is 0 Å². The van der Waals surface area contributed by atoms with Crippen molar-refractivity contribution >= 4 is 17.3 Å². The van der Waals surface area contributed by atoms with Crippen molar-refractivity contribution in [1.82, 2.24) is 0 Å². The van der Waals surface area contributed by atoms with Crippen LogP contribution in [0.3, 0.4) is 0 Å². The molecule has 0 radical (unpaired) electrons. The molecule has 1 aliphatic carbocycles. The second-order valence-electron chi connectivity index (χ2n) is 1.49. The Labute approximate surface area is 53.1 Å². The normalized spacial score (nSPS) is 15.0. The molecule has 0 atom stereocenters. The van der Waals surface area contributed by atoms with Gasteiger partial charge in [-0.15, -0.1) is 0 Å². The summed E-state index contributed by atoms with van der Waals surface area (Å²) in [6.07, 6.45) is 2.30. The number of carbonyl (C=O) groups excluding carboxylic acids is 1. The summed E-state index contributed by atoms with van der Waals surface area (Å²) in [5.74, 6) is 0.662. The number of halogens is 1. The lowest BCUT2D eigenvalue weighted by atomic mass is 10.5. The fraction of sp³-hybridized carbons (Fsp3) is 0.600. The number of hydrogen-bond donors (Lipinski definition) is 0. The zero-order valence-corrected chi connectivity index (χ0v) is 5.06. The van der Waals surface area contributed by atoms with Crippen molar-refractivity contribution in [1.29, 1.82) is 5.26 Å². The predicted molar refractivity (Wildman–Crippen MR) is 30.9 cm³/mol. The smallest absolute Gasteiger partial charge is 0.208 e. The zero-order chi connectivity index (χ0) is 6.41. The number of nitriles is 1. The first-order valence-electron chi connectivity index (χ1n) is 2.28. The van der Waals surface area contributed by atoms with Gasteiger partial charge in [0, 0.05) is 5.92 Å². The van der Waals surface area contributed by atoms with Crippen molar-refractivity contribution in [3.8, 4) is 6.07 Å². The van der Waals surface area contributed by atoms with E-state index >= 15 is 0 Å². The van der Waals surface area contributed by atoms with Crippen molar-refractivity contribution in [2.24, 2.45) is 5.92 Å². The van der Waals surface area contributed by atoms with Crippen molar-refractivity contribution in [2.45, 2.75) is 12.8 Å². The van der Waals surface area contributed by atoms with E-state index in [2.05, 4.69) is 17.7 Å². The molecule has 0 N–H and O–H groups in total. The highest BCUT2D eigenvalue weighted by Gasteiger charge is 2.19. The van der Waals surface area contributed by atoms with Crippen molar-refractivity contribution in [2.75, 3.05) is 0 Å². The second-order valence-corrected chi connectivity index (χ2v) is 1.67. The first-order chi connectivity index (χ1) is 3.85. The maximum atomic E-state index is 8.57. The van der Waals surface area contributed by atoms with Crippen molar-refractivity contribution in [3.05, 3.63) is 0 Å². The van der Waals surface area contributed by atoms with Gasteiger partial charge in [0.25, 0.3) is 0 Å². The Hall–Kier alpha value is -0.550. The number of hydrogen-bond acceptors (Lipinski definition) is 2. The molecule has 0 bridgehead atoms. The molecule has 0 aromatic rings. The quantitative estimate of drug-likeness (QED) is 0.368. The van der Waals surface area contributed by atoms with Crippen LogP contribution in [-0.4, -0.2) is 5.75 Å². The minimum absolute atomic E-state index is 0.222. The molecule has 0 saturated heterocycles. The first-order valence-corrected chi connectivity index (χ1v) is 2.72. The Morgan fingerprint density at radius 1 is 1.75 bits per heavy atom. The SMILES string of the molecule is N#CC1CC1.O=CCl. The summed E-state index contributed by atoms with van der Waals surface area (Å²) in [5.41, 5.74) is 0. The van der Waals surface area contributed by atoms with Crippen LogP contribution in [0.4, 0.5) is 0 Å². The fourth-order valence-electron chi connectivity index (χ4n) is 0.212. The molecule has 1 saturated carbocycles. The Balaban J connectivity index is 0.000000145. The Kier molecular flexibility index (Phi) is 4.29. The summed E-state index contributed by atoms with van der Waals surface area (Å²) in [4.78, 5) is 8.57. The molecule has 1 rings (SSSR count). The molecular weight excluding hydrogens is 126 g/mol. The molecular formula is C5H6ClNO. The van der Waals surface area contributed by atoms with Gasteiger partial charge in [-0.2, -0.15) is 5.26 Å². The van der Waals surface area contributed by atoms with Crippen LogP contribution in [-0.2, 0) is 4.79 Å². The van der Waals surface area contributed by atoms with Gasteiger partial charge in [-0.3, -0.25) is 4.79 Å². The van der Waals surface area contributed by atoms with Gasteiger partial charge in [0.1, 0.15) is 0 Å². The van der Waals surface area contributed by atoms with E-state index in [0.29, 0.717) is 5.92 Å². The highest BCUT2D eigenvalue weighted by molar-refractivity contribution is 6.54. The van der Waals surface area contributed by atoms with E-state index in [1.807, 2.05) is 0 Å². The van der Waals surface area contributed by atoms with Crippen molar-refractivity contribution in [3.63, 3.8) is 0 Å². The molecule has 0 heterocycles. The average molecular weight is 132 g/mol. The van der Waals surface area contributed by atoms with E-state index in [9.17, 15) is 0 Å². The van der Waals surface area contributed by atoms with Crippen LogP contribution >= 0.6 is 11.6 Å². The second kappa shape index (κ2) is 4.61. The molecule has 0 aromatic carbocycles. The molecule has 1 fully saturated rings. The highest BCUT2D eigenvalue weighted by atomic mass is 35.5. The molecule has 2 nitrogen and oxygen atoms in total. The number of nitrogens with zero attached hydrogens (tertiary/aromatic N) is 1. The minimum Gasteiger partial charge on any atom is -0.285 e. The molecule has 44 valence electrons. The van der Waals surface area contributed by atoms with Crippen LogP contribution < -0.4 is 0 Å². The van der Waals surface area contributed by atoms with Gasteiger partial charge < -0.3 is 0 Å². The summed E-state index contributed by atoms with van der Waals surface area (Å²) >= 11 is 4.32. The van der Waals surface area contributed by atoms with Gasteiger partial charge in [0.15, 0.2) is 0 Å². The molecule has 3 heteroatoms. The van der Waals surface area contributed by atoms with E-state index in [4.69, 9.17) is 10.1 Å². The lowest BCUT2D eigenvalue weighted by molar-refractivity contribution is 0.569. The third kappa shape index (κ3) is 5.45. The van der Waals surface area contributed by atoms with Gasteiger partial charge in [0.05, 0.1) is 6.07 Å². The molecule has 0 spiro atoms. The monoisotopic (exact) mass is 131 g/mol. The number of rotatable bonds is 0. The molecule has 0 aromatic heterocycles. The highest BCUT2D eigenvalue weighted by Crippen LogP contribution is 2.26. The Bertz CT molecular complexity index is 103. The third-order valence-corrected chi connectivity index (χ3v) is 0.760. The molecule has 0 unspecified atom stereocenters. The Morgan fingerprint density at radius 3 is 2.12 bits per heavy atom. The summed E-state index contributed by atoms with van der Waals surface area (Å²) in [7, 11) is 0. The first kappa shape index (κ1) is 7.45. The van der Waals surface area contributed by atoms with Gasteiger partial charge in [0.2, 0.25) is 5.75 Å². The topological polar surface area (TPSA) is 40.9 Å². The van der Waals surface area contributed by atoms with Crippen LogP contribution in [0.2, 0.25) is 0 Å². The molecule has 0 aliphatic heterocycles. The van der Waals surface area contributed by atoms with Crippen LogP contribution in [0, 0.1) is 17.2 Å². The summed E-state index contributed by atoms with van der Waals surface area (Å²) < 4.78 is 0. The largest absolute Gasteiger partial charge is 0.285 e. The molecule has 0 amide bonds. The maximum Gasteiger partial charge on any atom is 0.208 e. The average Bonchev–Trinajstić information content (AvgIpc) is 2.48. The van der Waals surface area contributed by atoms with E-state index in [1.165, 1.54) is 0 Å². The maximum absolute atomic E-state index is 8.57. The minimum atomic E-state index is 0.222. The number of carbonyl (C=O) groups is 1. The van der Waals surface area contributed by atoms with E-state index < -0.39 is 0 Å². The fourth-order valence-corrected chi connectivity index (χ4v) is 0.212. The Morgan fingerprint density at radius 2 is 2.12 bits per heavy atom. The molecule has 8 heavy (non-hydrogen) atoms. The summed E-state index contributed by atoms with van der Waals surface area (Å²) in [6.45, 7) is 0. The summed E-state index contributed by atoms with van der Waals surface area (Å²) in [6, 6.07) is 2.14. The van der Waals surface area contributed by atoms with Crippen molar-refractivity contribution < 1.29 is 4.79 Å². The van der Waals surface area contributed by atoms with Crippen LogP contribution in [0.25, 0.3) is 0 Å². The standard InChI is InChI=1S/C4H5N.CHClO/c5-3-4-1-2-4;2-1-3/h4H,1-2H2;1H. The van der Waals surface area contributed by atoms with E-state index in [0.717, 1.165) is 12.8 Å².